The van der Waals surface area contributed by atoms with Crippen molar-refractivity contribution in [1.82, 2.24) is 10.6 Å². The highest BCUT2D eigenvalue weighted by molar-refractivity contribution is 6.35. The Hall–Kier alpha value is -1.88. The number of ether oxygens (including phenoxy) is 1. The number of hydrogen-bond acceptors (Lipinski definition) is 3. The second-order valence-corrected chi connectivity index (χ2v) is 6.33. The first-order chi connectivity index (χ1) is 10.9. The molecule has 1 heterocycles. The quantitative estimate of drug-likeness (QED) is 0.835. The summed E-state index contributed by atoms with van der Waals surface area (Å²) >= 11 is 0. The molecule has 0 bridgehead atoms. The number of nitrogens with one attached hydrogen (secondary N) is 2. The molecule has 23 heavy (non-hydrogen) atoms. The third-order valence-corrected chi connectivity index (χ3v) is 4.42. The number of benzene rings is 1. The molecule has 1 aliphatic heterocycles. The van der Waals surface area contributed by atoms with E-state index in [1.165, 1.54) is 11.1 Å². The van der Waals surface area contributed by atoms with Crippen molar-refractivity contribution >= 4 is 11.8 Å². The minimum atomic E-state index is -0.604. The van der Waals surface area contributed by atoms with Gasteiger partial charge in [0.1, 0.15) is 0 Å². The molecule has 2 amide bonds. The van der Waals surface area contributed by atoms with E-state index in [2.05, 4.69) is 29.7 Å². The van der Waals surface area contributed by atoms with Gasteiger partial charge in [0, 0.05) is 13.2 Å². The summed E-state index contributed by atoms with van der Waals surface area (Å²) in [4.78, 5) is 23.9. The zero-order chi connectivity index (χ0) is 17.0. The Morgan fingerprint density at radius 2 is 1.87 bits per heavy atom. The van der Waals surface area contributed by atoms with Crippen LogP contribution in [0.2, 0.25) is 0 Å². The van der Waals surface area contributed by atoms with Crippen LogP contribution in [0.15, 0.2) is 12.1 Å². The van der Waals surface area contributed by atoms with Crippen molar-refractivity contribution < 1.29 is 14.3 Å². The molecule has 1 aliphatic rings. The van der Waals surface area contributed by atoms with E-state index in [1.54, 1.807) is 0 Å². The van der Waals surface area contributed by atoms with Crippen LogP contribution in [0.5, 0.6) is 0 Å². The SMILES string of the molecule is Cc1cc(C)c([C@@H](C)NC(=O)C(=O)NC[C@@H]2CCCO2)cc1C. The predicted octanol–water partition coefficient (Wildman–Crippen LogP) is 2.08. The summed E-state index contributed by atoms with van der Waals surface area (Å²) in [5, 5.41) is 5.41. The largest absolute Gasteiger partial charge is 0.376 e. The van der Waals surface area contributed by atoms with E-state index >= 15 is 0 Å². The molecule has 2 N–H and O–H groups in total. The van der Waals surface area contributed by atoms with Crippen LogP contribution in [0.1, 0.15) is 48.1 Å². The average molecular weight is 318 g/mol. The summed E-state index contributed by atoms with van der Waals surface area (Å²) in [6.07, 6.45) is 1.97. The number of carbonyl (C=O) groups excluding carboxylic acids is 2. The summed E-state index contributed by atoms with van der Waals surface area (Å²) in [6, 6.07) is 3.96. The van der Waals surface area contributed by atoms with E-state index in [4.69, 9.17) is 4.74 Å². The smallest absolute Gasteiger partial charge is 0.309 e. The van der Waals surface area contributed by atoms with Gasteiger partial charge in [0.25, 0.3) is 0 Å². The Morgan fingerprint density at radius 3 is 2.52 bits per heavy atom. The first-order valence-corrected chi connectivity index (χ1v) is 8.16. The van der Waals surface area contributed by atoms with Crippen LogP contribution in [-0.4, -0.2) is 31.1 Å². The van der Waals surface area contributed by atoms with Crippen molar-refractivity contribution in [3.05, 3.63) is 34.4 Å². The van der Waals surface area contributed by atoms with E-state index in [9.17, 15) is 9.59 Å². The summed E-state index contributed by atoms with van der Waals surface area (Å²) < 4.78 is 5.43. The maximum atomic E-state index is 12.0. The lowest BCUT2D eigenvalue weighted by Crippen LogP contribution is -2.43. The second kappa shape index (κ2) is 7.59. The molecule has 5 nitrogen and oxygen atoms in total. The summed E-state index contributed by atoms with van der Waals surface area (Å²) in [5.74, 6) is -1.21. The predicted molar refractivity (Wildman–Crippen MR) is 89.2 cm³/mol. The molecule has 1 aromatic carbocycles. The highest BCUT2D eigenvalue weighted by Gasteiger charge is 2.21. The molecular weight excluding hydrogens is 292 g/mol. The summed E-state index contributed by atoms with van der Waals surface area (Å²) in [6.45, 7) is 9.14. The van der Waals surface area contributed by atoms with Gasteiger partial charge in [0.2, 0.25) is 0 Å². The van der Waals surface area contributed by atoms with Gasteiger partial charge in [-0.1, -0.05) is 12.1 Å². The van der Waals surface area contributed by atoms with Crippen LogP contribution in [0.25, 0.3) is 0 Å². The normalized spacial score (nSPS) is 18.5. The van der Waals surface area contributed by atoms with Gasteiger partial charge in [-0.3, -0.25) is 9.59 Å². The average Bonchev–Trinajstić information content (AvgIpc) is 3.01. The molecule has 0 radical (unpaired) electrons. The van der Waals surface area contributed by atoms with Crippen LogP contribution in [0.3, 0.4) is 0 Å². The van der Waals surface area contributed by atoms with Gasteiger partial charge >= 0.3 is 11.8 Å². The highest BCUT2D eigenvalue weighted by Crippen LogP contribution is 2.21. The highest BCUT2D eigenvalue weighted by atomic mass is 16.5. The zero-order valence-corrected chi connectivity index (χ0v) is 14.4. The number of rotatable bonds is 4. The molecule has 0 spiro atoms. The Kier molecular flexibility index (Phi) is 5.77. The standard InChI is InChI=1S/C18H26N2O3/c1-11-8-13(3)16(9-12(11)2)14(4)20-18(22)17(21)19-10-15-6-5-7-23-15/h8-9,14-15H,5-7,10H2,1-4H3,(H,19,21)(H,20,22)/t14-,15+/m1/s1. The summed E-state index contributed by atoms with van der Waals surface area (Å²) in [5.41, 5.74) is 4.54. The molecule has 0 unspecified atom stereocenters. The van der Waals surface area contributed by atoms with Gasteiger partial charge in [-0.25, -0.2) is 0 Å². The van der Waals surface area contributed by atoms with Gasteiger partial charge < -0.3 is 15.4 Å². The first kappa shape index (κ1) is 17.5. The van der Waals surface area contributed by atoms with Crippen molar-refractivity contribution in [3.63, 3.8) is 0 Å². The minimum absolute atomic E-state index is 0.0335. The minimum Gasteiger partial charge on any atom is -0.376 e. The van der Waals surface area contributed by atoms with Crippen LogP contribution in [0, 0.1) is 20.8 Å². The third kappa shape index (κ3) is 4.55. The van der Waals surface area contributed by atoms with Crippen LogP contribution < -0.4 is 10.6 Å². The van der Waals surface area contributed by atoms with Gasteiger partial charge in [-0.05, 0) is 62.8 Å². The van der Waals surface area contributed by atoms with Crippen LogP contribution >= 0.6 is 0 Å². The van der Waals surface area contributed by atoms with Crippen LogP contribution in [-0.2, 0) is 14.3 Å². The molecule has 5 heteroatoms. The summed E-state index contributed by atoms with van der Waals surface area (Å²) in [7, 11) is 0. The fraction of sp³-hybridized carbons (Fsp3) is 0.556. The van der Waals surface area contributed by atoms with Crippen molar-refractivity contribution in [2.75, 3.05) is 13.2 Å². The van der Waals surface area contributed by atoms with Gasteiger partial charge in [0.15, 0.2) is 0 Å². The van der Waals surface area contributed by atoms with E-state index in [0.717, 1.165) is 30.6 Å². The fourth-order valence-electron chi connectivity index (χ4n) is 2.88. The Labute approximate surface area is 137 Å². The maximum Gasteiger partial charge on any atom is 0.309 e. The molecule has 0 saturated carbocycles. The number of amides is 2. The van der Waals surface area contributed by atoms with Crippen molar-refractivity contribution in [2.45, 2.75) is 52.7 Å². The number of hydrogen-bond donors (Lipinski definition) is 2. The van der Waals surface area contributed by atoms with E-state index in [0.29, 0.717) is 6.54 Å². The van der Waals surface area contributed by atoms with Crippen molar-refractivity contribution in [1.29, 1.82) is 0 Å². The lowest BCUT2D eigenvalue weighted by Gasteiger charge is -2.18. The van der Waals surface area contributed by atoms with Crippen molar-refractivity contribution in [2.24, 2.45) is 0 Å². The molecule has 1 saturated heterocycles. The Bertz CT molecular complexity index is 592. The topological polar surface area (TPSA) is 67.4 Å². The number of aryl methyl sites for hydroxylation is 3. The van der Waals surface area contributed by atoms with E-state index in [1.807, 2.05) is 20.8 Å². The van der Waals surface area contributed by atoms with Gasteiger partial charge in [-0.2, -0.15) is 0 Å². The lowest BCUT2D eigenvalue weighted by molar-refractivity contribution is -0.139. The van der Waals surface area contributed by atoms with Crippen molar-refractivity contribution in [3.8, 4) is 0 Å². The molecule has 1 aromatic rings. The maximum absolute atomic E-state index is 12.0. The third-order valence-electron chi connectivity index (χ3n) is 4.42. The number of carbonyl (C=O) groups is 2. The van der Waals surface area contributed by atoms with Gasteiger partial charge in [-0.15, -0.1) is 0 Å². The Morgan fingerprint density at radius 1 is 1.17 bits per heavy atom. The zero-order valence-electron chi connectivity index (χ0n) is 14.4. The molecular formula is C18H26N2O3. The lowest BCUT2D eigenvalue weighted by atomic mass is 9.96. The molecule has 126 valence electrons. The first-order valence-electron chi connectivity index (χ1n) is 8.16. The van der Waals surface area contributed by atoms with Gasteiger partial charge in [0.05, 0.1) is 12.1 Å². The second-order valence-electron chi connectivity index (χ2n) is 6.33. The molecule has 2 atom stereocenters. The monoisotopic (exact) mass is 318 g/mol. The fourth-order valence-corrected chi connectivity index (χ4v) is 2.88. The Balaban J connectivity index is 1.91. The van der Waals surface area contributed by atoms with E-state index < -0.39 is 11.8 Å². The van der Waals surface area contributed by atoms with Crippen LogP contribution in [0.4, 0.5) is 0 Å². The van der Waals surface area contributed by atoms with E-state index in [-0.39, 0.29) is 12.1 Å². The molecule has 0 aromatic heterocycles. The molecule has 1 fully saturated rings. The molecule has 2 rings (SSSR count). The molecule has 0 aliphatic carbocycles.